The van der Waals surface area contributed by atoms with E-state index in [2.05, 4.69) is 10.6 Å². The Balaban J connectivity index is 1.76. The van der Waals surface area contributed by atoms with E-state index in [1.807, 2.05) is 64.1 Å². The first-order valence-electron chi connectivity index (χ1n) is 9.15. The number of esters is 1. The van der Waals surface area contributed by atoms with Gasteiger partial charge in [-0.15, -0.1) is 0 Å². The second kappa shape index (κ2) is 9.69. The zero-order valence-electron chi connectivity index (χ0n) is 16.7. The molecule has 0 aliphatic heterocycles. The van der Waals surface area contributed by atoms with Gasteiger partial charge in [-0.05, 0) is 49.9 Å². The molecular formula is C22H26N2O4. The van der Waals surface area contributed by atoms with Gasteiger partial charge in [0.2, 0.25) is 5.91 Å². The predicted octanol–water partition coefficient (Wildman–Crippen LogP) is 3.82. The molecule has 2 N–H and O–H groups in total. The Bertz CT molecular complexity index is 778. The Labute approximate surface area is 165 Å². The number of anilines is 2. The average Bonchev–Trinajstić information content (AvgIpc) is 2.64. The third-order valence-electron chi connectivity index (χ3n) is 4.41. The molecular weight excluding hydrogens is 356 g/mol. The van der Waals surface area contributed by atoms with Crippen LogP contribution in [0.25, 0.3) is 0 Å². The first-order chi connectivity index (χ1) is 13.3. The van der Waals surface area contributed by atoms with E-state index in [1.165, 1.54) is 0 Å². The van der Waals surface area contributed by atoms with Crippen LogP contribution in [0, 0.1) is 27.7 Å². The summed E-state index contributed by atoms with van der Waals surface area (Å²) >= 11 is 0. The average molecular weight is 382 g/mol. The number of amides is 2. The lowest BCUT2D eigenvalue weighted by Crippen LogP contribution is -2.22. The summed E-state index contributed by atoms with van der Waals surface area (Å²) in [6.07, 6.45) is -0.0986. The van der Waals surface area contributed by atoms with E-state index in [1.54, 1.807) is 0 Å². The van der Waals surface area contributed by atoms with Crippen molar-refractivity contribution in [3.63, 3.8) is 0 Å². The quantitative estimate of drug-likeness (QED) is 0.713. The molecule has 2 rings (SSSR count). The van der Waals surface area contributed by atoms with Crippen LogP contribution in [0.4, 0.5) is 11.4 Å². The number of ether oxygens (including phenoxy) is 1. The summed E-state index contributed by atoms with van der Waals surface area (Å²) in [6.45, 7) is 7.22. The van der Waals surface area contributed by atoms with Crippen LogP contribution in [-0.2, 0) is 19.1 Å². The van der Waals surface area contributed by atoms with Gasteiger partial charge in [-0.3, -0.25) is 14.4 Å². The molecule has 6 heteroatoms. The van der Waals surface area contributed by atoms with Crippen LogP contribution < -0.4 is 10.6 Å². The van der Waals surface area contributed by atoms with Crippen molar-refractivity contribution < 1.29 is 19.1 Å². The highest BCUT2D eigenvalue weighted by Gasteiger charge is 2.13. The van der Waals surface area contributed by atoms with Gasteiger partial charge in [0.15, 0.2) is 6.61 Å². The van der Waals surface area contributed by atoms with Crippen molar-refractivity contribution in [2.24, 2.45) is 0 Å². The third kappa shape index (κ3) is 5.94. The summed E-state index contributed by atoms with van der Waals surface area (Å²) in [5, 5.41) is 5.57. The zero-order chi connectivity index (χ0) is 20.7. The van der Waals surface area contributed by atoms with Gasteiger partial charge < -0.3 is 15.4 Å². The molecule has 0 atom stereocenters. The Morgan fingerprint density at radius 2 is 1.14 bits per heavy atom. The number of hydrogen-bond acceptors (Lipinski definition) is 4. The van der Waals surface area contributed by atoms with Crippen molar-refractivity contribution in [2.75, 3.05) is 17.2 Å². The molecule has 0 heterocycles. The number of carbonyl (C=O) groups is 3. The van der Waals surface area contributed by atoms with Crippen molar-refractivity contribution >= 4 is 29.2 Å². The maximum absolute atomic E-state index is 12.1. The third-order valence-corrected chi connectivity index (χ3v) is 4.41. The fourth-order valence-electron chi connectivity index (χ4n) is 2.83. The highest BCUT2D eigenvalue weighted by molar-refractivity contribution is 5.95. The zero-order valence-corrected chi connectivity index (χ0v) is 16.7. The molecule has 2 aromatic carbocycles. The fraction of sp³-hybridized carbons (Fsp3) is 0.318. The van der Waals surface area contributed by atoms with Crippen LogP contribution in [0.3, 0.4) is 0 Å². The standard InChI is InChI=1S/C22H26N2O4/c1-14-7-5-8-15(2)21(14)23-18(25)11-12-20(27)28-13-19(26)24-22-16(3)9-6-10-17(22)4/h5-10H,11-13H2,1-4H3,(H,23,25)(H,24,26). The van der Waals surface area contributed by atoms with E-state index in [0.29, 0.717) is 0 Å². The molecule has 2 aromatic rings. The molecule has 0 radical (unpaired) electrons. The molecule has 0 bridgehead atoms. The van der Waals surface area contributed by atoms with Gasteiger partial charge in [-0.1, -0.05) is 36.4 Å². The number of rotatable bonds is 7. The minimum atomic E-state index is -0.590. The van der Waals surface area contributed by atoms with Crippen molar-refractivity contribution in [2.45, 2.75) is 40.5 Å². The number of hydrogen-bond donors (Lipinski definition) is 2. The molecule has 28 heavy (non-hydrogen) atoms. The lowest BCUT2D eigenvalue weighted by Gasteiger charge is -2.12. The number of carbonyl (C=O) groups excluding carboxylic acids is 3. The minimum Gasteiger partial charge on any atom is -0.456 e. The molecule has 6 nitrogen and oxygen atoms in total. The summed E-state index contributed by atoms with van der Waals surface area (Å²) in [7, 11) is 0. The Morgan fingerprint density at radius 3 is 1.61 bits per heavy atom. The normalized spacial score (nSPS) is 10.3. The summed E-state index contributed by atoms with van der Waals surface area (Å²) in [4.78, 5) is 35.9. The van der Waals surface area contributed by atoms with Gasteiger partial charge in [0.05, 0.1) is 6.42 Å². The van der Waals surface area contributed by atoms with E-state index in [-0.39, 0.29) is 25.4 Å². The second-order valence-electron chi connectivity index (χ2n) is 6.79. The Hall–Kier alpha value is -3.15. The monoisotopic (exact) mass is 382 g/mol. The second-order valence-corrected chi connectivity index (χ2v) is 6.79. The lowest BCUT2D eigenvalue weighted by molar-refractivity contribution is -0.147. The lowest BCUT2D eigenvalue weighted by atomic mass is 10.1. The van der Waals surface area contributed by atoms with Crippen LogP contribution in [-0.4, -0.2) is 24.4 Å². The van der Waals surface area contributed by atoms with E-state index < -0.39 is 11.9 Å². The van der Waals surface area contributed by atoms with Gasteiger partial charge >= 0.3 is 5.97 Å². The van der Waals surface area contributed by atoms with E-state index in [9.17, 15) is 14.4 Å². The van der Waals surface area contributed by atoms with E-state index in [4.69, 9.17) is 4.74 Å². The van der Waals surface area contributed by atoms with Gasteiger partial charge in [0.1, 0.15) is 0 Å². The molecule has 2 amide bonds. The molecule has 0 aliphatic carbocycles. The molecule has 0 unspecified atom stereocenters. The first-order valence-corrected chi connectivity index (χ1v) is 9.15. The van der Waals surface area contributed by atoms with Crippen LogP contribution in [0.1, 0.15) is 35.1 Å². The molecule has 0 fully saturated rings. The number of nitrogens with one attached hydrogen (secondary N) is 2. The predicted molar refractivity (Wildman–Crippen MR) is 109 cm³/mol. The van der Waals surface area contributed by atoms with Crippen molar-refractivity contribution in [1.29, 1.82) is 0 Å². The van der Waals surface area contributed by atoms with Crippen LogP contribution >= 0.6 is 0 Å². The minimum absolute atomic E-state index is 0.00880. The van der Waals surface area contributed by atoms with Gasteiger partial charge in [-0.2, -0.15) is 0 Å². The SMILES string of the molecule is Cc1cccc(C)c1NC(=O)CCC(=O)OCC(=O)Nc1c(C)cccc1C. The number of aryl methyl sites for hydroxylation is 4. The van der Waals surface area contributed by atoms with Crippen molar-refractivity contribution in [3.8, 4) is 0 Å². The smallest absolute Gasteiger partial charge is 0.306 e. The molecule has 0 saturated heterocycles. The van der Waals surface area contributed by atoms with E-state index >= 15 is 0 Å². The maximum atomic E-state index is 12.1. The number of benzene rings is 2. The molecule has 0 spiro atoms. The largest absolute Gasteiger partial charge is 0.456 e. The Kier molecular flexibility index (Phi) is 7.32. The summed E-state index contributed by atoms with van der Waals surface area (Å²) in [6, 6.07) is 11.4. The molecule has 0 aromatic heterocycles. The van der Waals surface area contributed by atoms with Crippen LogP contribution in [0.15, 0.2) is 36.4 Å². The van der Waals surface area contributed by atoms with Gasteiger partial charge in [-0.25, -0.2) is 0 Å². The van der Waals surface area contributed by atoms with Gasteiger partial charge in [0.25, 0.3) is 5.91 Å². The highest BCUT2D eigenvalue weighted by atomic mass is 16.5. The van der Waals surface area contributed by atoms with Crippen LogP contribution in [0.2, 0.25) is 0 Å². The Morgan fingerprint density at radius 1 is 0.714 bits per heavy atom. The fourth-order valence-corrected chi connectivity index (χ4v) is 2.83. The topological polar surface area (TPSA) is 84.5 Å². The molecule has 148 valence electrons. The van der Waals surface area contributed by atoms with Crippen LogP contribution in [0.5, 0.6) is 0 Å². The maximum Gasteiger partial charge on any atom is 0.306 e. The number of para-hydroxylation sites is 2. The summed E-state index contributed by atoms with van der Waals surface area (Å²) < 4.78 is 4.97. The molecule has 0 aliphatic rings. The van der Waals surface area contributed by atoms with Gasteiger partial charge in [0, 0.05) is 17.8 Å². The molecule has 0 saturated carbocycles. The summed E-state index contributed by atoms with van der Waals surface area (Å²) in [5.74, 6) is -1.27. The van der Waals surface area contributed by atoms with Crippen molar-refractivity contribution in [1.82, 2.24) is 0 Å². The van der Waals surface area contributed by atoms with E-state index in [0.717, 1.165) is 33.6 Å². The first kappa shape index (κ1) is 21.2. The summed E-state index contributed by atoms with van der Waals surface area (Å²) in [5.41, 5.74) is 5.26. The van der Waals surface area contributed by atoms with Crippen molar-refractivity contribution in [3.05, 3.63) is 58.7 Å². The highest BCUT2D eigenvalue weighted by Crippen LogP contribution is 2.20.